The third-order valence-corrected chi connectivity index (χ3v) is 4.86. The van der Waals surface area contributed by atoms with Gasteiger partial charge < -0.3 is 9.47 Å². The van der Waals surface area contributed by atoms with Gasteiger partial charge in [-0.05, 0) is 23.8 Å². The fourth-order valence-corrected chi connectivity index (χ4v) is 3.23. The fraction of sp³-hybridized carbons (Fsp3) is 0.350. The van der Waals surface area contributed by atoms with Crippen LogP contribution in [-0.4, -0.2) is 56.5 Å². The van der Waals surface area contributed by atoms with Crippen molar-refractivity contribution in [1.82, 2.24) is 9.91 Å². The highest BCUT2D eigenvalue weighted by molar-refractivity contribution is 6.31. The molecule has 3 rings (SSSR count). The average molecular weight is 374 g/mol. The molecule has 0 bridgehead atoms. The molecule has 0 atom stereocenters. The molecule has 0 aromatic heterocycles. The summed E-state index contributed by atoms with van der Waals surface area (Å²) in [6.45, 7) is 4.55. The molecule has 2 aromatic rings. The number of piperazine rings is 1. The summed E-state index contributed by atoms with van der Waals surface area (Å²) in [6, 6.07) is 13.8. The maximum Gasteiger partial charge on any atom is 0.169 e. The standard InChI is InChI=1S/C20H24ClN3O2/c1-25-19-9-5-7-16(20(19)26-2)14-22-24-12-10-23(11-13-24)15-17-6-3-4-8-18(17)21/h3-9,14H,10-13,15H2,1-2H3. The average Bonchev–Trinajstić information content (AvgIpc) is 2.68. The van der Waals surface area contributed by atoms with Gasteiger partial charge in [0.05, 0.1) is 20.4 Å². The number of para-hydroxylation sites is 1. The van der Waals surface area contributed by atoms with E-state index in [9.17, 15) is 0 Å². The van der Waals surface area contributed by atoms with Gasteiger partial charge in [-0.25, -0.2) is 0 Å². The van der Waals surface area contributed by atoms with E-state index in [-0.39, 0.29) is 0 Å². The Hall–Kier alpha value is -2.24. The first-order valence-corrected chi connectivity index (χ1v) is 9.04. The smallest absolute Gasteiger partial charge is 0.169 e. The van der Waals surface area contributed by atoms with E-state index in [1.807, 2.05) is 42.6 Å². The van der Waals surface area contributed by atoms with E-state index in [4.69, 9.17) is 21.1 Å². The van der Waals surface area contributed by atoms with Gasteiger partial charge in [0, 0.05) is 43.3 Å². The number of hydrogen-bond donors (Lipinski definition) is 0. The van der Waals surface area contributed by atoms with Crippen molar-refractivity contribution in [2.45, 2.75) is 6.54 Å². The maximum absolute atomic E-state index is 6.26. The van der Waals surface area contributed by atoms with Crippen LogP contribution >= 0.6 is 11.6 Å². The van der Waals surface area contributed by atoms with Gasteiger partial charge in [-0.3, -0.25) is 9.91 Å². The molecular weight excluding hydrogens is 350 g/mol. The number of benzene rings is 2. The molecular formula is C20H24ClN3O2. The first-order chi connectivity index (χ1) is 12.7. The zero-order valence-electron chi connectivity index (χ0n) is 15.2. The van der Waals surface area contributed by atoms with Crippen LogP contribution < -0.4 is 9.47 Å². The van der Waals surface area contributed by atoms with E-state index in [0.717, 1.165) is 43.3 Å². The number of hydrazone groups is 1. The second-order valence-corrected chi connectivity index (χ2v) is 6.56. The van der Waals surface area contributed by atoms with Crippen LogP contribution in [0.4, 0.5) is 0 Å². The van der Waals surface area contributed by atoms with Crippen molar-refractivity contribution < 1.29 is 9.47 Å². The molecule has 1 fully saturated rings. The summed E-state index contributed by atoms with van der Waals surface area (Å²) < 4.78 is 10.8. The molecule has 0 radical (unpaired) electrons. The zero-order valence-corrected chi connectivity index (χ0v) is 15.9. The second kappa shape index (κ2) is 8.92. The number of methoxy groups -OCH3 is 2. The van der Waals surface area contributed by atoms with Gasteiger partial charge in [0.25, 0.3) is 0 Å². The van der Waals surface area contributed by atoms with Crippen molar-refractivity contribution in [3.63, 3.8) is 0 Å². The van der Waals surface area contributed by atoms with E-state index in [0.29, 0.717) is 11.5 Å². The lowest BCUT2D eigenvalue weighted by atomic mass is 10.2. The number of nitrogens with zero attached hydrogens (tertiary/aromatic N) is 3. The predicted molar refractivity (Wildman–Crippen MR) is 105 cm³/mol. The Labute approximate surface area is 159 Å². The Bertz CT molecular complexity index is 758. The molecule has 0 amide bonds. The topological polar surface area (TPSA) is 37.3 Å². The number of hydrogen-bond acceptors (Lipinski definition) is 5. The lowest BCUT2D eigenvalue weighted by Crippen LogP contribution is -2.43. The number of ether oxygens (including phenoxy) is 2. The lowest BCUT2D eigenvalue weighted by Gasteiger charge is -2.33. The Morgan fingerprint density at radius 3 is 2.46 bits per heavy atom. The summed E-state index contributed by atoms with van der Waals surface area (Å²) in [7, 11) is 3.28. The third-order valence-electron chi connectivity index (χ3n) is 4.49. The van der Waals surface area contributed by atoms with Crippen LogP contribution in [0.5, 0.6) is 11.5 Å². The minimum atomic E-state index is 0.705. The predicted octanol–water partition coefficient (Wildman–Crippen LogP) is 3.51. The molecule has 1 heterocycles. The van der Waals surface area contributed by atoms with Gasteiger partial charge >= 0.3 is 0 Å². The molecule has 0 N–H and O–H groups in total. The Morgan fingerprint density at radius 1 is 1.00 bits per heavy atom. The fourth-order valence-electron chi connectivity index (χ4n) is 3.04. The molecule has 0 unspecified atom stereocenters. The van der Waals surface area contributed by atoms with E-state index >= 15 is 0 Å². The van der Waals surface area contributed by atoms with E-state index < -0.39 is 0 Å². The van der Waals surface area contributed by atoms with Crippen molar-refractivity contribution in [2.75, 3.05) is 40.4 Å². The zero-order chi connectivity index (χ0) is 18.4. The van der Waals surface area contributed by atoms with Crippen LogP contribution in [0, 0.1) is 0 Å². The Morgan fingerprint density at radius 2 is 1.77 bits per heavy atom. The van der Waals surface area contributed by atoms with E-state index in [2.05, 4.69) is 21.1 Å². The van der Waals surface area contributed by atoms with Gasteiger partial charge in [-0.2, -0.15) is 5.10 Å². The quantitative estimate of drug-likeness (QED) is 0.726. The summed E-state index contributed by atoms with van der Waals surface area (Å²) in [5, 5.41) is 7.53. The van der Waals surface area contributed by atoms with E-state index in [1.54, 1.807) is 14.2 Å². The van der Waals surface area contributed by atoms with Crippen molar-refractivity contribution in [3.8, 4) is 11.5 Å². The SMILES string of the molecule is COc1cccc(C=NN2CCN(Cc3ccccc3Cl)CC2)c1OC. The highest BCUT2D eigenvalue weighted by atomic mass is 35.5. The van der Waals surface area contributed by atoms with Gasteiger partial charge in [0.1, 0.15) is 0 Å². The summed E-state index contributed by atoms with van der Waals surface area (Å²) in [5.41, 5.74) is 2.08. The molecule has 1 aliphatic heterocycles. The highest BCUT2D eigenvalue weighted by Gasteiger charge is 2.16. The molecule has 6 heteroatoms. The molecule has 5 nitrogen and oxygen atoms in total. The van der Waals surface area contributed by atoms with Gasteiger partial charge in [0.2, 0.25) is 0 Å². The van der Waals surface area contributed by atoms with E-state index in [1.165, 1.54) is 5.56 Å². The minimum Gasteiger partial charge on any atom is -0.493 e. The number of halogens is 1. The monoisotopic (exact) mass is 373 g/mol. The van der Waals surface area contributed by atoms with Crippen LogP contribution in [-0.2, 0) is 6.54 Å². The molecule has 0 saturated carbocycles. The molecule has 1 saturated heterocycles. The lowest BCUT2D eigenvalue weighted by molar-refractivity contribution is 0.131. The molecule has 0 aliphatic carbocycles. The molecule has 2 aromatic carbocycles. The second-order valence-electron chi connectivity index (χ2n) is 6.15. The van der Waals surface area contributed by atoms with Crippen molar-refractivity contribution in [1.29, 1.82) is 0 Å². The van der Waals surface area contributed by atoms with Crippen molar-refractivity contribution in [2.24, 2.45) is 5.10 Å². The summed E-state index contributed by atoms with van der Waals surface area (Å²) in [5.74, 6) is 1.41. The van der Waals surface area contributed by atoms with Crippen LogP contribution in [0.15, 0.2) is 47.6 Å². The first kappa shape index (κ1) is 18.5. The van der Waals surface area contributed by atoms with Crippen LogP contribution in [0.25, 0.3) is 0 Å². The number of rotatable bonds is 6. The minimum absolute atomic E-state index is 0.705. The Kier molecular flexibility index (Phi) is 6.36. The third kappa shape index (κ3) is 4.48. The summed E-state index contributed by atoms with van der Waals surface area (Å²) >= 11 is 6.26. The molecule has 138 valence electrons. The summed E-state index contributed by atoms with van der Waals surface area (Å²) in [6.07, 6.45) is 1.84. The van der Waals surface area contributed by atoms with Crippen molar-refractivity contribution in [3.05, 3.63) is 58.6 Å². The first-order valence-electron chi connectivity index (χ1n) is 8.67. The van der Waals surface area contributed by atoms with Crippen molar-refractivity contribution >= 4 is 17.8 Å². The van der Waals surface area contributed by atoms with Gasteiger partial charge in [-0.1, -0.05) is 35.9 Å². The highest BCUT2D eigenvalue weighted by Crippen LogP contribution is 2.29. The normalized spacial score (nSPS) is 15.4. The van der Waals surface area contributed by atoms with Crippen LogP contribution in [0.2, 0.25) is 5.02 Å². The summed E-state index contributed by atoms with van der Waals surface area (Å²) in [4.78, 5) is 2.40. The largest absolute Gasteiger partial charge is 0.493 e. The van der Waals surface area contributed by atoms with Crippen LogP contribution in [0.3, 0.4) is 0 Å². The Balaban J connectivity index is 1.57. The van der Waals surface area contributed by atoms with Gasteiger partial charge in [-0.15, -0.1) is 0 Å². The maximum atomic E-state index is 6.26. The van der Waals surface area contributed by atoms with Gasteiger partial charge in [0.15, 0.2) is 11.5 Å². The molecule has 1 aliphatic rings. The molecule has 26 heavy (non-hydrogen) atoms. The van der Waals surface area contributed by atoms with Crippen LogP contribution in [0.1, 0.15) is 11.1 Å². The molecule has 0 spiro atoms.